The highest BCUT2D eigenvalue weighted by Crippen LogP contribution is 2.35. The van der Waals surface area contributed by atoms with Gasteiger partial charge < -0.3 is 4.42 Å². The molecule has 4 rings (SSSR count). The Bertz CT molecular complexity index is 1220. The highest BCUT2D eigenvalue weighted by atomic mass is 16.3. The molecule has 3 heteroatoms. The summed E-state index contributed by atoms with van der Waals surface area (Å²) in [7, 11) is 0. The molecule has 0 aliphatic rings. The summed E-state index contributed by atoms with van der Waals surface area (Å²) in [5.41, 5.74) is 5.74. The molecule has 30 heavy (non-hydrogen) atoms. The summed E-state index contributed by atoms with van der Waals surface area (Å²) in [5.74, 6) is -0.673. The Hall–Kier alpha value is -2.68. The van der Waals surface area contributed by atoms with Crippen molar-refractivity contribution in [1.82, 2.24) is 9.97 Å². The van der Waals surface area contributed by atoms with Crippen molar-refractivity contribution in [3.05, 3.63) is 59.9 Å². The zero-order valence-corrected chi connectivity index (χ0v) is 18.7. The van der Waals surface area contributed by atoms with Gasteiger partial charge in [-0.15, -0.1) is 0 Å². The Kier molecular flexibility index (Phi) is 5.28. The number of aromatic nitrogens is 2. The third kappa shape index (κ3) is 3.51. The van der Waals surface area contributed by atoms with E-state index >= 15 is 0 Å². The third-order valence-electron chi connectivity index (χ3n) is 6.87. The number of nitrogens with zero attached hydrogens (tertiary/aromatic N) is 2. The highest BCUT2D eigenvalue weighted by Gasteiger charge is 2.23. The van der Waals surface area contributed by atoms with E-state index in [1.54, 1.807) is 0 Å². The first-order valence-corrected chi connectivity index (χ1v) is 11.2. The van der Waals surface area contributed by atoms with Gasteiger partial charge in [0.15, 0.2) is 0 Å². The fraction of sp³-hybridized carbons (Fsp3) is 0.407. The van der Waals surface area contributed by atoms with Crippen molar-refractivity contribution in [1.29, 1.82) is 0 Å². The van der Waals surface area contributed by atoms with Crippen LogP contribution in [0.4, 0.5) is 0 Å². The largest absolute Gasteiger partial charge is 0.438 e. The number of pyridine rings is 2. The molecule has 0 aliphatic heterocycles. The van der Waals surface area contributed by atoms with Crippen molar-refractivity contribution < 1.29 is 5.79 Å². The van der Waals surface area contributed by atoms with Crippen LogP contribution < -0.4 is 0 Å². The van der Waals surface area contributed by atoms with Crippen molar-refractivity contribution in [3.63, 3.8) is 0 Å². The van der Waals surface area contributed by atoms with Gasteiger partial charge in [0.25, 0.3) is 0 Å². The molecule has 0 aliphatic carbocycles. The molecular weight excluding hydrogens is 368 g/mol. The van der Waals surface area contributed by atoms with Crippen LogP contribution in [0.5, 0.6) is 0 Å². The molecule has 0 unspecified atom stereocenters. The maximum atomic E-state index is 8.70. The minimum atomic E-state index is -0.673. The predicted molar refractivity (Wildman–Crippen MR) is 126 cm³/mol. The van der Waals surface area contributed by atoms with Gasteiger partial charge in [-0.25, -0.2) is 4.98 Å². The molecule has 0 spiro atoms. The monoisotopic (exact) mass is 401 g/mol. The molecule has 4 aromatic rings. The lowest BCUT2D eigenvalue weighted by Gasteiger charge is -2.27. The Labute approximate surface area is 181 Å². The molecule has 0 saturated heterocycles. The van der Waals surface area contributed by atoms with Gasteiger partial charge in [-0.05, 0) is 79.1 Å². The molecule has 0 amide bonds. The number of fused-ring (bicyclic) bond motifs is 3. The van der Waals surface area contributed by atoms with Crippen LogP contribution in [-0.2, 0) is 5.41 Å². The minimum Gasteiger partial charge on any atom is -0.438 e. The maximum absolute atomic E-state index is 8.70. The number of benzene rings is 1. The molecule has 3 aromatic heterocycles. The quantitative estimate of drug-likeness (QED) is 0.315. The molecular formula is C27H32N2O. The van der Waals surface area contributed by atoms with E-state index in [-0.39, 0.29) is 5.41 Å². The molecule has 1 aromatic carbocycles. The summed E-state index contributed by atoms with van der Waals surface area (Å²) < 4.78 is 14.8. The summed E-state index contributed by atoms with van der Waals surface area (Å²) in [4.78, 5) is 9.39. The highest BCUT2D eigenvalue weighted by molar-refractivity contribution is 6.05. The van der Waals surface area contributed by atoms with Crippen molar-refractivity contribution >= 4 is 22.1 Å². The van der Waals surface area contributed by atoms with Gasteiger partial charge in [0.2, 0.25) is 5.71 Å². The summed E-state index contributed by atoms with van der Waals surface area (Å²) in [6.45, 7) is 10.9. The fourth-order valence-corrected chi connectivity index (χ4v) is 4.25. The van der Waals surface area contributed by atoms with E-state index < -0.39 is 5.89 Å². The van der Waals surface area contributed by atoms with Gasteiger partial charge in [-0.2, -0.15) is 0 Å². The first-order chi connectivity index (χ1) is 14.9. The maximum Gasteiger partial charge on any atom is 0.227 e. The zero-order chi connectivity index (χ0) is 22.2. The average Bonchev–Trinajstić information content (AvgIpc) is 3.20. The second-order valence-corrected chi connectivity index (χ2v) is 8.37. The van der Waals surface area contributed by atoms with Gasteiger partial charge >= 0.3 is 0 Å². The van der Waals surface area contributed by atoms with Crippen LogP contribution in [0, 0.1) is 0 Å². The lowest BCUT2D eigenvalue weighted by molar-refractivity contribution is 0.438. The number of furan rings is 1. The topological polar surface area (TPSA) is 38.9 Å². The first-order valence-electron chi connectivity index (χ1n) is 11.7. The SMILES string of the molecule is [2H]C(CC)(CC)c1ccc2c(n1)oc1ccc(-c3cc(C(C)(CC)CC)ccn3)cc12. The molecule has 0 atom stereocenters. The lowest BCUT2D eigenvalue weighted by Crippen LogP contribution is -2.19. The summed E-state index contributed by atoms with van der Waals surface area (Å²) in [5, 5.41) is 2.02. The molecule has 0 radical (unpaired) electrons. The summed E-state index contributed by atoms with van der Waals surface area (Å²) >= 11 is 0. The molecule has 156 valence electrons. The van der Waals surface area contributed by atoms with Crippen molar-refractivity contribution in [2.24, 2.45) is 0 Å². The van der Waals surface area contributed by atoms with E-state index in [1.807, 2.05) is 32.2 Å². The second-order valence-electron chi connectivity index (χ2n) is 8.37. The van der Waals surface area contributed by atoms with Gasteiger partial charge in [0.05, 0.1) is 5.69 Å². The second kappa shape index (κ2) is 8.22. The minimum absolute atomic E-state index is 0.158. The number of hydrogen-bond donors (Lipinski definition) is 0. The lowest BCUT2D eigenvalue weighted by atomic mass is 9.78. The van der Waals surface area contributed by atoms with E-state index in [0.717, 1.165) is 59.0 Å². The van der Waals surface area contributed by atoms with Crippen LogP contribution in [0.1, 0.15) is 78.8 Å². The molecule has 0 fully saturated rings. The molecule has 0 bridgehead atoms. The number of hydrogen-bond acceptors (Lipinski definition) is 3. The molecule has 3 nitrogen and oxygen atoms in total. The first kappa shape index (κ1) is 19.3. The third-order valence-corrected chi connectivity index (χ3v) is 6.87. The van der Waals surface area contributed by atoms with Gasteiger partial charge in [-0.3, -0.25) is 4.98 Å². The van der Waals surface area contributed by atoms with Crippen molar-refractivity contribution in [2.45, 2.75) is 71.6 Å². The molecule has 3 heterocycles. The van der Waals surface area contributed by atoms with Crippen LogP contribution in [0.2, 0.25) is 0 Å². The van der Waals surface area contributed by atoms with Crippen LogP contribution in [0.3, 0.4) is 0 Å². The Balaban J connectivity index is 1.81. The van der Waals surface area contributed by atoms with Gasteiger partial charge in [0, 0.05) is 35.5 Å². The molecule has 0 saturated carbocycles. The standard InChI is InChI=1S/C27H32N2O/c1-6-18(7-2)23-12-11-21-22-16-19(10-13-25(22)30-26(21)29-23)24-17-20(14-15-28-24)27(5,8-3)9-4/h10-18H,6-9H2,1-5H3/i18D. The van der Waals surface area contributed by atoms with Crippen molar-refractivity contribution in [2.75, 3.05) is 0 Å². The Morgan fingerprint density at radius 1 is 0.967 bits per heavy atom. The normalized spacial score (nSPS) is 13.2. The fourth-order valence-electron chi connectivity index (χ4n) is 4.25. The van der Waals surface area contributed by atoms with Crippen molar-refractivity contribution in [3.8, 4) is 11.3 Å². The predicted octanol–water partition coefficient (Wildman–Crippen LogP) is 8.02. The average molecular weight is 402 g/mol. The van der Waals surface area contributed by atoms with E-state index in [0.29, 0.717) is 5.71 Å². The molecule has 0 N–H and O–H groups in total. The van der Waals surface area contributed by atoms with E-state index in [4.69, 9.17) is 10.8 Å². The smallest absolute Gasteiger partial charge is 0.227 e. The van der Waals surface area contributed by atoms with Gasteiger partial charge in [-0.1, -0.05) is 34.6 Å². The Morgan fingerprint density at radius 2 is 1.73 bits per heavy atom. The van der Waals surface area contributed by atoms with E-state index in [2.05, 4.69) is 56.1 Å². The number of rotatable bonds is 7. The van der Waals surface area contributed by atoms with Crippen LogP contribution in [0.15, 0.2) is 53.1 Å². The van der Waals surface area contributed by atoms with Crippen LogP contribution in [0.25, 0.3) is 33.3 Å². The zero-order valence-electron chi connectivity index (χ0n) is 19.7. The van der Waals surface area contributed by atoms with E-state index in [9.17, 15) is 0 Å². The van der Waals surface area contributed by atoms with E-state index in [1.165, 1.54) is 5.56 Å². The summed E-state index contributed by atoms with van der Waals surface area (Å²) in [6.07, 6.45) is 5.56. The van der Waals surface area contributed by atoms with Crippen LogP contribution >= 0.6 is 0 Å². The summed E-state index contributed by atoms with van der Waals surface area (Å²) in [6, 6.07) is 14.6. The van der Waals surface area contributed by atoms with Gasteiger partial charge in [0.1, 0.15) is 5.58 Å². The van der Waals surface area contributed by atoms with Crippen LogP contribution in [-0.4, -0.2) is 9.97 Å². The Morgan fingerprint density at radius 3 is 2.43 bits per heavy atom.